The fourth-order valence-corrected chi connectivity index (χ4v) is 3.95. The predicted molar refractivity (Wildman–Crippen MR) is 115 cm³/mol. The molecule has 0 aliphatic carbocycles. The van der Waals surface area contributed by atoms with Gasteiger partial charge in [-0.3, -0.25) is 4.90 Å². The molecular formula is C23H26N6O2. The molecule has 160 valence electrons. The molecule has 0 spiro atoms. The van der Waals surface area contributed by atoms with Crippen LogP contribution in [0.2, 0.25) is 0 Å². The summed E-state index contributed by atoms with van der Waals surface area (Å²) in [6.45, 7) is 4.12. The molecule has 1 fully saturated rings. The van der Waals surface area contributed by atoms with E-state index in [1.807, 2.05) is 37.3 Å². The largest absolute Gasteiger partial charge is 0.462 e. The topological polar surface area (TPSA) is 100 Å². The number of likely N-dealkylation sites (tertiary alicyclic amines) is 1. The molecule has 0 unspecified atom stereocenters. The number of ether oxygens (including phenoxy) is 1. The Labute approximate surface area is 181 Å². The standard InChI is InChI=1S/C23H26N6O2/c1-16-26-21(11-23(27-16)28-18-7-6-17(12-24)25-13-18)22-5-3-4-10-29(22)14-19-8-9-20(31-19)15-30-2/h6-9,11,13,22H,3-5,10,14-15H2,1-2H3,(H,26,27,28)/t22-/m0/s1. The van der Waals surface area contributed by atoms with E-state index < -0.39 is 0 Å². The van der Waals surface area contributed by atoms with E-state index in [-0.39, 0.29) is 6.04 Å². The van der Waals surface area contributed by atoms with E-state index in [2.05, 4.69) is 20.2 Å². The SMILES string of the molecule is COCc1ccc(CN2CCCC[C@H]2c2cc(Nc3ccc(C#N)nc3)nc(C)n2)o1. The smallest absolute Gasteiger partial charge is 0.140 e. The van der Waals surface area contributed by atoms with Crippen LogP contribution in [-0.2, 0) is 17.9 Å². The van der Waals surface area contributed by atoms with Gasteiger partial charge in [0.05, 0.1) is 30.2 Å². The van der Waals surface area contributed by atoms with Crippen molar-refractivity contribution in [1.82, 2.24) is 19.9 Å². The van der Waals surface area contributed by atoms with Crippen LogP contribution in [0.1, 0.15) is 54.0 Å². The number of pyridine rings is 1. The molecule has 3 aromatic heterocycles. The van der Waals surface area contributed by atoms with Crippen molar-refractivity contribution in [2.24, 2.45) is 0 Å². The van der Waals surface area contributed by atoms with Gasteiger partial charge < -0.3 is 14.5 Å². The van der Waals surface area contributed by atoms with Crippen LogP contribution in [0.5, 0.6) is 0 Å². The number of methoxy groups -OCH3 is 1. The molecule has 1 N–H and O–H groups in total. The van der Waals surface area contributed by atoms with Crippen molar-refractivity contribution in [2.75, 3.05) is 19.0 Å². The molecule has 0 amide bonds. The van der Waals surface area contributed by atoms with Crippen LogP contribution in [0.4, 0.5) is 11.5 Å². The summed E-state index contributed by atoms with van der Waals surface area (Å²) < 4.78 is 11.1. The van der Waals surface area contributed by atoms with Gasteiger partial charge in [0.1, 0.15) is 41.5 Å². The second-order valence-electron chi connectivity index (χ2n) is 7.68. The molecule has 8 heteroatoms. The first-order chi connectivity index (χ1) is 15.1. The summed E-state index contributed by atoms with van der Waals surface area (Å²) in [5, 5.41) is 12.2. The fraction of sp³-hybridized carbons (Fsp3) is 0.391. The zero-order valence-corrected chi connectivity index (χ0v) is 17.8. The molecule has 0 saturated carbocycles. The van der Waals surface area contributed by atoms with Crippen molar-refractivity contribution in [3.63, 3.8) is 0 Å². The third kappa shape index (κ3) is 5.26. The van der Waals surface area contributed by atoms with Crippen LogP contribution < -0.4 is 5.32 Å². The van der Waals surface area contributed by atoms with Crippen LogP contribution in [0.3, 0.4) is 0 Å². The van der Waals surface area contributed by atoms with Gasteiger partial charge in [0.25, 0.3) is 0 Å². The number of nitrogens with zero attached hydrogens (tertiary/aromatic N) is 5. The van der Waals surface area contributed by atoms with Crippen molar-refractivity contribution in [3.05, 3.63) is 65.3 Å². The first kappa shape index (κ1) is 21.0. The van der Waals surface area contributed by atoms with Crippen molar-refractivity contribution < 1.29 is 9.15 Å². The van der Waals surface area contributed by atoms with Gasteiger partial charge in [0.2, 0.25) is 0 Å². The molecule has 1 aliphatic heterocycles. The number of aromatic nitrogens is 3. The Bertz CT molecular complexity index is 1060. The van der Waals surface area contributed by atoms with E-state index in [0.29, 0.717) is 18.1 Å². The van der Waals surface area contributed by atoms with Gasteiger partial charge in [0.15, 0.2) is 0 Å². The number of nitriles is 1. The van der Waals surface area contributed by atoms with E-state index in [9.17, 15) is 0 Å². The van der Waals surface area contributed by atoms with E-state index in [0.717, 1.165) is 54.7 Å². The Morgan fingerprint density at radius 2 is 2.10 bits per heavy atom. The molecule has 8 nitrogen and oxygen atoms in total. The summed E-state index contributed by atoms with van der Waals surface area (Å²) in [7, 11) is 1.67. The number of aryl methyl sites for hydroxylation is 1. The number of hydrogen-bond donors (Lipinski definition) is 1. The average Bonchev–Trinajstić information content (AvgIpc) is 3.21. The molecule has 4 heterocycles. The van der Waals surface area contributed by atoms with Crippen molar-refractivity contribution in [2.45, 2.75) is 45.4 Å². The highest BCUT2D eigenvalue weighted by Gasteiger charge is 2.26. The van der Waals surface area contributed by atoms with Gasteiger partial charge in [-0.25, -0.2) is 15.0 Å². The first-order valence-electron chi connectivity index (χ1n) is 10.4. The van der Waals surface area contributed by atoms with Crippen molar-refractivity contribution in [1.29, 1.82) is 5.26 Å². The normalized spacial score (nSPS) is 16.7. The zero-order chi connectivity index (χ0) is 21.6. The maximum absolute atomic E-state index is 8.92. The van der Waals surface area contributed by atoms with E-state index in [1.165, 1.54) is 6.42 Å². The van der Waals surface area contributed by atoms with Gasteiger partial charge in [-0.1, -0.05) is 6.42 Å². The summed E-state index contributed by atoms with van der Waals surface area (Å²) in [4.78, 5) is 15.8. The van der Waals surface area contributed by atoms with E-state index in [4.69, 9.17) is 19.4 Å². The van der Waals surface area contributed by atoms with E-state index in [1.54, 1.807) is 19.4 Å². The predicted octanol–water partition coefficient (Wildman–Crippen LogP) is 4.26. The van der Waals surface area contributed by atoms with Crippen LogP contribution >= 0.6 is 0 Å². The molecule has 31 heavy (non-hydrogen) atoms. The molecule has 0 bridgehead atoms. The number of anilines is 2. The molecule has 1 saturated heterocycles. The highest BCUT2D eigenvalue weighted by molar-refractivity contribution is 5.55. The third-order valence-corrected chi connectivity index (χ3v) is 5.33. The number of furan rings is 1. The van der Waals surface area contributed by atoms with Gasteiger partial charge in [0, 0.05) is 13.2 Å². The van der Waals surface area contributed by atoms with E-state index >= 15 is 0 Å². The number of rotatable bonds is 7. The second-order valence-corrected chi connectivity index (χ2v) is 7.68. The molecule has 1 atom stereocenters. The maximum Gasteiger partial charge on any atom is 0.140 e. The summed E-state index contributed by atoms with van der Waals surface area (Å²) in [6, 6.07) is 11.7. The highest BCUT2D eigenvalue weighted by Crippen LogP contribution is 2.32. The second kappa shape index (κ2) is 9.69. The highest BCUT2D eigenvalue weighted by atomic mass is 16.5. The average molecular weight is 419 g/mol. The minimum absolute atomic E-state index is 0.200. The van der Waals surface area contributed by atoms with Gasteiger partial charge in [-0.05, 0) is 50.6 Å². The Balaban J connectivity index is 1.53. The lowest BCUT2D eigenvalue weighted by atomic mass is 9.98. The number of piperidine rings is 1. The fourth-order valence-electron chi connectivity index (χ4n) is 3.95. The summed E-state index contributed by atoms with van der Waals surface area (Å²) in [5.41, 5.74) is 2.17. The number of hydrogen-bond acceptors (Lipinski definition) is 8. The third-order valence-electron chi connectivity index (χ3n) is 5.33. The van der Waals surface area contributed by atoms with Crippen molar-refractivity contribution >= 4 is 11.5 Å². The Hall–Kier alpha value is -3.28. The quantitative estimate of drug-likeness (QED) is 0.607. The van der Waals surface area contributed by atoms with Crippen molar-refractivity contribution in [3.8, 4) is 6.07 Å². The summed E-state index contributed by atoms with van der Waals surface area (Å²) in [6.07, 6.45) is 5.00. The molecule has 3 aromatic rings. The minimum atomic E-state index is 0.200. The Morgan fingerprint density at radius 3 is 2.87 bits per heavy atom. The lowest BCUT2D eigenvalue weighted by molar-refractivity contribution is 0.121. The van der Waals surface area contributed by atoms with Gasteiger partial charge in [-0.15, -0.1) is 0 Å². The first-order valence-corrected chi connectivity index (χ1v) is 10.4. The maximum atomic E-state index is 8.92. The Kier molecular flexibility index (Phi) is 6.55. The van der Waals surface area contributed by atoms with Gasteiger partial charge >= 0.3 is 0 Å². The summed E-state index contributed by atoms with van der Waals surface area (Å²) in [5.74, 6) is 3.21. The minimum Gasteiger partial charge on any atom is -0.462 e. The lowest BCUT2D eigenvalue weighted by Crippen LogP contribution is -2.33. The zero-order valence-electron chi connectivity index (χ0n) is 17.8. The molecule has 1 aliphatic rings. The summed E-state index contributed by atoms with van der Waals surface area (Å²) >= 11 is 0. The van der Waals surface area contributed by atoms with Gasteiger partial charge in [-0.2, -0.15) is 5.26 Å². The van der Waals surface area contributed by atoms with Crippen LogP contribution in [0.25, 0.3) is 0 Å². The molecule has 0 radical (unpaired) electrons. The van der Waals surface area contributed by atoms with Crippen LogP contribution in [0.15, 0.2) is 40.9 Å². The molecular weight excluding hydrogens is 392 g/mol. The molecule has 0 aromatic carbocycles. The monoisotopic (exact) mass is 418 g/mol. The Morgan fingerprint density at radius 1 is 1.23 bits per heavy atom. The van der Waals surface area contributed by atoms with Crippen LogP contribution in [-0.4, -0.2) is 33.5 Å². The van der Waals surface area contributed by atoms with Crippen LogP contribution in [0, 0.1) is 18.3 Å². The molecule has 4 rings (SSSR count). The lowest BCUT2D eigenvalue weighted by Gasteiger charge is -2.35. The number of nitrogens with one attached hydrogen (secondary N) is 1.